The molecule has 7 nitrogen and oxygen atoms in total. The second kappa shape index (κ2) is 8.08. The van der Waals surface area contributed by atoms with Crippen LogP contribution >= 0.6 is 0 Å². The average molecular weight is 399 g/mol. The number of benzene rings is 3. The van der Waals surface area contributed by atoms with E-state index in [-0.39, 0.29) is 11.8 Å². The number of imidazole rings is 1. The van der Waals surface area contributed by atoms with Gasteiger partial charge in [0.2, 0.25) is 5.95 Å². The minimum atomic E-state index is -0.152. The summed E-state index contributed by atoms with van der Waals surface area (Å²) < 4.78 is 1.97. The lowest BCUT2D eigenvalue weighted by molar-refractivity contribution is 0.0955. The van der Waals surface area contributed by atoms with Gasteiger partial charge in [0.25, 0.3) is 11.8 Å². The van der Waals surface area contributed by atoms with Crippen LogP contribution in [0.4, 0.5) is 11.6 Å². The van der Waals surface area contributed by atoms with Gasteiger partial charge in [0, 0.05) is 36.6 Å². The molecule has 0 unspecified atom stereocenters. The molecule has 4 aromatic rings. The van der Waals surface area contributed by atoms with Crippen LogP contribution in [0.1, 0.15) is 20.7 Å². The number of fused-ring (bicyclic) bond motifs is 1. The summed E-state index contributed by atoms with van der Waals surface area (Å²) in [6.07, 6.45) is 0. The molecule has 3 N–H and O–H groups in total. The number of anilines is 2. The smallest absolute Gasteiger partial charge is 0.251 e. The van der Waals surface area contributed by atoms with E-state index in [0.717, 1.165) is 22.4 Å². The Bertz CT molecular complexity index is 1230. The van der Waals surface area contributed by atoms with Crippen molar-refractivity contribution in [3.63, 3.8) is 0 Å². The van der Waals surface area contributed by atoms with Crippen LogP contribution in [0.2, 0.25) is 0 Å². The van der Waals surface area contributed by atoms with Crippen molar-refractivity contribution in [2.24, 2.45) is 0 Å². The maximum atomic E-state index is 12.1. The predicted octanol–water partition coefficient (Wildman–Crippen LogP) is 3.49. The largest absolute Gasteiger partial charge is 0.355 e. The molecule has 150 valence electrons. The Balaban J connectivity index is 1.78. The number of nitrogens with zero attached hydrogens (tertiary/aromatic N) is 2. The zero-order valence-electron chi connectivity index (χ0n) is 16.6. The number of rotatable bonds is 5. The van der Waals surface area contributed by atoms with E-state index in [1.165, 1.54) is 0 Å². The number of hydrogen-bond donors (Lipinski definition) is 3. The number of hydrogen-bond acceptors (Lipinski definition) is 4. The summed E-state index contributed by atoms with van der Waals surface area (Å²) in [7, 11) is 3.21. The first-order valence-corrected chi connectivity index (χ1v) is 9.50. The van der Waals surface area contributed by atoms with Crippen LogP contribution in [0.3, 0.4) is 0 Å². The molecular weight excluding hydrogens is 378 g/mol. The van der Waals surface area contributed by atoms with Gasteiger partial charge in [-0.2, -0.15) is 0 Å². The Labute approximate surface area is 173 Å². The molecule has 4 rings (SSSR count). The van der Waals surface area contributed by atoms with E-state index in [2.05, 4.69) is 16.0 Å². The summed E-state index contributed by atoms with van der Waals surface area (Å²) in [4.78, 5) is 28.6. The van der Waals surface area contributed by atoms with Crippen LogP contribution in [0.15, 0.2) is 72.8 Å². The highest BCUT2D eigenvalue weighted by molar-refractivity contribution is 5.95. The van der Waals surface area contributed by atoms with Gasteiger partial charge in [-0.15, -0.1) is 0 Å². The number of nitrogens with one attached hydrogen (secondary N) is 3. The van der Waals surface area contributed by atoms with Crippen LogP contribution in [-0.4, -0.2) is 35.5 Å². The highest BCUT2D eigenvalue weighted by Gasteiger charge is 2.14. The van der Waals surface area contributed by atoms with Gasteiger partial charge in [0.05, 0.1) is 11.0 Å². The summed E-state index contributed by atoms with van der Waals surface area (Å²) in [5, 5.41) is 8.59. The molecule has 3 aromatic carbocycles. The third-order valence-electron chi connectivity index (χ3n) is 4.78. The third-order valence-corrected chi connectivity index (χ3v) is 4.78. The van der Waals surface area contributed by atoms with Crippen molar-refractivity contribution in [1.82, 2.24) is 20.2 Å². The van der Waals surface area contributed by atoms with Crippen LogP contribution in [0.25, 0.3) is 16.7 Å². The minimum absolute atomic E-state index is 0.139. The Morgan fingerprint density at radius 2 is 1.50 bits per heavy atom. The molecule has 0 spiro atoms. The van der Waals surface area contributed by atoms with Gasteiger partial charge in [-0.25, -0.2) is 4.98 Å². The summed E-state index contributed by atoms with van der Waals surface area (Å²) in [5.74, 6) is 0.318. The summed E-state index contributed by atoms with van der Waals surface area (Å²) >= 11 is 0. The average Bonchev–Trinajstić information content (AvgIpc) is 3.16. The molecule has 2 amide bonds. The fourth-order valence-corrected chi connectivity index (χ4v) is 3.28. The molecule has 0 aliphatic heterocycles. The lowest BCUT2D eigenvalue weighted by Crippen LogP contribution is -2.18. The molecule has 0 bridgehead atoms. The monoisotopic (exact) mass is 399 g/mol. The first-order valence-electron chi connectivity index (χ1n) is 9.50. The van der Waals surface area contributed by atoms with Crippen LogP contribution in [0, 0.1) is 0 Å². The van der Waals surface area contributed by atoms with Crippen molar-refractivity contribution in [2.75, 3.05) is 19.4 Å². The Morgan fingerprint density at radius 3 is 2.23 bits per heavy atom. The van der Waals surface area contributed by atoms with Gasteiger partial charge in [0.15, 0.2) is 0 Å². The molecule has 0 aliphatic carbocycles. The number of carbonyl (C=O) groups is 2. The molecule has 0 saturated heterocycles. The molecule has 0 saturated carbocycles. The molecule has 0 radical (unpaired) electrons. The van der Waals surface area contributed by atoms with Gasteiger partial charge in [-0.1, -0.05) is 18.2 Å². The Morgan fingerprint density at radius 1 is 0.800 bits per heavy atom. The maximum Gasteiger partial charge on any atom is 0.251 e. The first kappa shape index (κ1) is 19.2. The van der Waals surface area contributed by atoms with Gasteiger partial charge in [0.1, 0.15) is 0 Å². The standard InChI is InChI=1S/C23H21N5O2/c1-24-21(29)15-10-12-17(13-11-15)26-23-27-19-8-3-4-9-20(19)28(23)18-7-5-6-16(14-18)22(30)25-2/h3-14H,1-2H3,(H,24,29)(H,25,30)(H,26,27). The summed E-state index contributed by atoms with van der Waals surface area (Å²) in [6.45, 7) is 0. The van der Waals surface area contributed by atoms with Gasteiger partial charge < -0.3 is 16.0 Å². The van der Waals surface area contributed by atoms with Gasteiger partial charge >= 0.3 is 0 Å². The molecule has 30 heavy (non-hydrogen) atoms. The van der Waals surface area contributed by atoms with Gasteiger partial charge in [-0.3, -0.25) is 14.2 Å². The highest BCUT2D eigenvalue weighted by atomic mass is 16.2. The van der Waals surface area contributed by atoms with Crippen molar-refractivity contribution >= 4 is 34.5 Å². The highest BCUT2D eigenvalue weighted by Crippen LogP contribution is 2.27. The fourth-order valence-electron chi connectivity index (χ4n) is 3.28. The van der Waals surface area contributed by atoms with Crippen LogP contribution < -0.4 is 16.0 Å². The minimum Gasteiger partial charge on any atom is -0.355 e. The van der Waals surface area contributed by atoms with E-state index in [1.54, 1.807) is 32.3 Å². The number of amides is 2. The second-order valence-electron chi connectivity index (χ2n) is 6.67. The van der Waals surface area contributed by atoms with E-state index in [0.29, 0.717) is 17.1 Å². The molecule has 0 fully saturated rings. The third kappa shape index (κ3) is 3.60. The molecule has 1 aromatic heterocycles. The first-order chi connectivity index (χ1) is 14.6. The van der Waals surface area contributed by atoms with E-state index in [9.17, 15) is 9.59 Å². The van der Waals surface area contributed by atoms with Crippen LogP contribution in [0.5, 0.6) is 0 Å². The second-order valence-corrected chi connectivity index (χ2v) is 6.67. The normalized spacial score (nSPS) is 10.6. The fraction of sp³-hybridized carbons (Fsp3) is 0.0870. The predicted molar refractivity (Wildman–Crippen MR) is 118 cm³/mol. The SMILES string of the molecule is CNC(=O)c1ccc(Nc2nc3ccccc3n2-c2cccc(C(=O)NC)c2)cc1. The quantitative estimate of drug-likeness (QED) is 0.479. The van der Waals surface area contributed by atoms with E-state index in [4.69, 9.17) is 4.98 Å². The topological polar surface area (TPSA) is 88.1 Å². The van der Waals surface area contributed by atoms with Crippen LogP contribution in [-0.2, 0) is 0 Å². The molecule has 0 atom stereocenters. The lowest BCUT2D eigenvalue weighted by atomic mass is 10.2. The molecule has 1 heterocycles. The molecular formula is C23H21N5O2. The van der Waals surface area contributed by atoms with Crippen molar-refractivity contribution in [2.45, 2.75) is 0 Å². The van der Waals surface area contributed by atoms with E-state index in [1.807, 2.05) is 59.2 Å². The summed E-state index contributed by atoms with van der Waals surface area (Å²) in [6, 6.07) is 22.3. The molecule has 7 heteroatoms. The number of para-hydroxylation sites is 2. The van der Waals surface area contributed by atoms with Crippen molar-refractivity contribution in [1.29, 1.82) is 0 Å². The lowest BCUT2D eigenvalue weighted by Gasteiger charge is -2.12. The number of aromatic nitrogens is 2. The zero-order chi connectivity index (χ0) is 21.1. The zero-order valence-corrected chi connectivity index (χ0v) is 16.6. The van der Waals surface area contributed by atoms with Gasteiger partial charge in [-0.05, 0) is 54.6 Å². The maximum absolute atomic E-state index is 12.1. The van der Waals surface area contributed by atoms with Crippen molar-refractivity contribution < 1.29 is 9.59 Å². The van der Waals surface area contributed by atoms with Crippen molar-refractivity contribution in [3.8, 4) is 5.69 Å². The Kier molecular flexibility index (Phi) is 5.17. The van der Waals surface area contributed by atoms with Crippen molar-refractivity contribution in [3.05, 3.63) is 83.9 Å². The van der Waals surface area contributed by atoms with E-state index >= 15 is 0 Å². The van der Waals surface area contributed by atoms with E-state index < -0.39 is 0 Å². The Hall–Kier alpha value is -4.13. The summed E-state index contributed by atoms with van der Waals surface area (Å²) in [5.41, 5.74) is 4.49. The number of carbonyl (C=O) groups excluding carboxylic acids is 2. The molecule has 0 aliphatic rings.